The topological polar surface area (TPSA) is 34.9 Å². The van der Waals surface area contributed by atoms with Crippen molar-refractivity contribution in [2.45, 2.75) is 33.2 Å². The fourth-order valence-electron chi connectivity index (χ4n) is 1.56. The highest BCUT2D eigenvalue weighted by atomic mass is 32.1. The van der Waals surface area contributed by atoms with Gasteiger partial charge in [-0.2, -0.15) is 0 Å². The molecule has 4 heteroatoms. The van der Waals surface area contributed by atoms with Gasteiger partial charge < -0.3 is 0 Å². The molecule has 0 fully saturated rings. The van der Waals surface area contributed by atoms with E-state index in [4.69, 9.17) is 0 Å². The quantitative estimate of drug-likeness (QED) is 0.782. The van der Waals surface area contributed by atoms with Crippen molar-refractivity contribution in [2.24, 2.45) is 0 Å². The minimum absolute atomic E-state index is 0.0842. The Kier molecular flexibility index (Phi) is 2.61. The van der Waals surface area contributed by atoms with Gasteiger partial charge in [0.1, 0.15) is 0 Å². The second kappa shape index (κ2) is 3.77. The molecule has 0 aromatic carbocycles. The lowest BCUT2D eigenvalue weighted by Gasteiger charge is -2.04. The zero-order valence-corrected chi connectivity index (χ0v) is 9.97. The summed E-state index contributed by atoms with van der Waals surface area (Å²) in [4.78, 5) is 16.2. The molecule has 15 heavy (non-hydrogen) atoms. The van der Waals surface area contributed by atoms with E-state index in [1.54, 1.807) is 4.57 Å². The highest BCUT2D eigenvalue weighted by Gasteiger charge is 2.09. The minimum atomic E-state index is 0.0842. The van der Waals surface area contributed by atoms with Crippen LogP contribution >= 0.6 is 11.3 Å². The molecular formula is C11H14N2OS. The van der Waals surface area contributed by atoms with Gasteiger partial charge in [0.2, 0.25) is 0 Å². The van der Waals surface area contributed by atoms with Gasteiger partial charge in [0.15, 0.2) is 5.65 Å². The van der Waals surface area contributed by atoms with E-state index >= 15 is 0 Å². The van der Waals surface area contributed by atoms with E-state index in [2.05, 4.69) is 18.8 Å². The molecule has 2 rings (SSSR count). The number of hydrogen-bond acceptors (Lipinski definition) is 3. The van der Waals surface area contributed by atoms with Crippen LogP contribution in [-0.2, 0) is 6.54 Å². The van der Waals surface area contributed by atoms with E-state index in [0.29, 0.717) is 12.5 Å². The Bertz CT molecular complexity index is 539. The van der Waals surface area contributed by atoms with Crippen LogP contribution in [0.15, 0.2) is 16.9 Å². The van der Waals surface area contributed by atoms with Gasteiger partial charge in [-0.15, -0.1) is 0 Å². The first-order chi connectivity index (χ1) is 7.13. The molecule has 2 aromatic rings. The van der Waals surface area contributed by atoms with E-state index in [1.807, 2.05) is 19.1 Å². The van der Waals surface area contributed by atoms with E-state index in [-0.39, 0.29) is 4.87 Å². The molecule has 2 heterocycles. The third-order valence-corrected chi connectivity index (χ3v) is 3.38. The van der Waals surface area contributed by atoms with Crippen molar-refractivity contribution in [3.05, 3.63) is 27.5 Å². The van der Waals surface area contributed by atoms with Crippen LogP contribution in [0.1, 0.15) is 32.4 Å². The lowest BCUT2D eigenvalue weighted by atomic mass is 10.1. The molecular weight excluding hydrogens is 208 g/mol. The molecule has 2 aromatic heterocycles. The van der Waals surface area contributed by atoms with Crippen LogP contribution in [0.3, 0.4) is 0 Å². The summed E-state index contributed by atoms with van der Waals surface area (Å²) >= 11 is 1.27. The van der Waals surface area contributed by atoms with Gasteiger partial charge in [0.05, 0.1) is 4.70 Å². The van der Waals surface area contributed by atoms with Crippen LogP contribution < -0.4 is 4.87 Å². The predicted molar refractivity (Wildman–Crippen MR) is 63.6 cm³/mol. The van der Waals surface area contributed by atoms with Gasteiger partial charge >= 0.3 is 4.87 Å². The van der Waals surface area contributed by atoms with Crippen molar-refractivity contribution < 1.29 is 0 Å². The molecule has 0 aliphatic rings. The van der Waals surface area contributed by atoms with Crippen molar-refractivity contribution in [1.82, 2.24) is 9.55 Å². The Morgan fingerprint density at radius 1 is 1.47 bits per heavy atom. The third-order valence-electron chi connectivity index (χ3n) is 2.44. The number of nitrogens with zero attached hydrogens (tertiary/aromatic N) is 2. The highest BCUT2D eigenvalue weighted by Crippen LogP contribution is 2.19. The summed E-state index contributed by atoms with van der Waals surface area (Å²) in [6.45, 7) is 6.87. The van der Waals surface area contributed by atoms with Crippen molar-refractivity contribution in [3.8, 4) is 0 Å². The zero-order valence-electron chi connectivity index (χ0n) is 9.15. The van der Waals surface area contributed by atoms with Gasteiger partial charge in [-0.1, -0.05) is 25.2 Å². The predicted octanol–water partition coefficient (Wildman–Crippen LogP) is 2.60. The van der Waals surface area contributed by atoms with Gasteiger partial charge in [0, 0.05) is 12.2 Å². The molecule has 0 saturated carbocycles. The summed E-state index contributed by atoms with van der Waals surface area (Å²) in [6.07, 6.45) is 0. The average molecular weight is 222 g/mol. The van der Waals surface area contributed by atoms with Crippen LogP contribution in [0.25, 0.3) is 10.3 Å². The molecule has 0 radical (unpaired) electrons. The molecule has 0 N–H and O–H groups in total. The highest BCUT2D eigenvalue weighted by molar-refractivity contribution is 7.16. The normalized spacial score (nSPS) is 11.5. The standard InChI is InChI=1S/C11H14N2OS/c1-4-13-10-9(15-11(13)14)6-5-8(12-10)7(2)3/h5-7H,4H2,1-3H3. The smallest absolute Gasteiger partial charge is 0.283 e. The maximum atomic E-state index is 11.6. The lowest BCUT2D eigenvalue weighted by molar-refractivity contribution is 0.756. The number of fused-ring (bicyclic) bond motifs is 1. The lowest BCUT2D eigenvalue weighted by Crippen LogP contribution is -2.11. The molecule has 0 atom stereocenters. The minimum Gasteiger partial charge on any atom is -0.283 e. The Labute approximate surface area is 92.4 Å². The summed E-state index contributed by atoms with van der Waals surface area (Å²) in [5.41, 5.74) is 1.88. The number of aryl methyl sites for hydroxylation is 1. The summed E-state index contributed by atoms with van der Waals surface area (Å²) in [6, 6.07) is 4.00. The molecule has 0 aliphatic heterocycles. The first-order valence-electron chi connectivity index (χ1n) is 5.13. The number of thiazole rings is 1. The zero-order chi connectivity index (χ0) is 11.0. The fraction of sp³-hybridized carbons (Fsp3) is 0.455. The summed E-state index contributed by atoms with van der Waals surface area (Å²) in [5, 5.41) is 0. The third kappa shape index (κ3) is 1.69. The molecule has 0 unspecified atom stereocenters. The summed E-state index contributed by atoms with van der Waals surface area (Å²) in [7, 11) is 0. The molecule has 0 bridgehead atoms. The first kappa shape index (κ1) is 10.4. The van der Waals surface area contributed by atoms with E-state index in [1.165, 1.54) is 11.3 Å². The molecule has 0 spiro atoms. The fourth-order valence-corrected chi connectivity index (χ4v) is 2.46. The van der Waals surface area contributed by atoms with Gasteiger partial charge in [-0.25, -0.2) is 4.98 Å². The monoisotopic (exact) mass is 222 g/mol. The van der Waals surface area contributed by atoms with Crippen molar-refractivity contribution in [3.63, 3.8) is 0 Å². The average Bonchev–Trinajstić information content (AvgIpc) is 2.51. The van der Waals surface area contributed by atoms with Crippen molar-refractivity contribution >= 4 is 21.7 Å². The van der Waals surface area contributed by atoms with Gasteiger partial charge in [-0.3, -0.25) is 9.36 Å². The Balaban J connectivity index is 2.73. The van der Waals surface area contributed by atoms with Gasteiger partial charge in [-0.05, 0) is 25.0 Å². The van der Waals surface area contributed by atoms with Crippen LogP contribution in [0.2, 0.25) is 0 Å². The molecule has 0 amide bonds. The van der Waals surface area contributed by atoms with E-state index < -0.39 is 0 Å². The number of aromatic nitrogens is 2. The van der Waals surface area contributed by atoms with Crippen LogP contribution in [0, 0.1) is 0 Å². The summed E-state index contributed by atoms with van der Waals surface area (Å²) in [5.74, 6) is 0.398. The van der Waals surface area contributed by atoms with Gasteiger partial charge in [0.25, 0.3) is 0 Å². The second-order valence-electron chi connectivity index (χ2n) is 3.82. The number of hydrogen-bond donors (Lipinski definition) is 0. The number of rotatable bonds is 2. The van der Waals surface area contributed by atoms with Crippen LogP contribution in [-0.4, -0.2) is 9.55 Å². The summed E-state index contributed by atoms with van der Waals surface area (Å²) < 4.78 is 2.71. The Morgan fingerprint density at radius 2 is 2.20 bits per heavy atom. The van der Waals surface area contributed by atoms with E-state index in [0.717, 1.165) is 16.0 Å². The Hall–Kier alpha value is -1.16. The maximum absolute atomic E-state index is 11.6. The number of pyridine rings is 1. The SMILES string of the molecule is CCn1c(=O)sc2ccc(C(C)C)nc21. The maximum Gasteiger partial charge on any atom is 0.309 e. The van der Waals surface area contributed by atoms with Crippen molar-refractivity contribution in [2.75, 3.05) is 0 Å². The second-order valence-corrected chi connectivity index (χ2v) is 4.82. The largest absolute Gasteiger partial charge is 0.309 e. The first-order valence-corrected chi connectivity index (χ1v) is 5.95. The van der Waals surface area contributed by atoms with Crippen LogP contribution in [0.4, 0.5) is 0 Å². The molecule has 0 saturated heterocycles. The molecule has 0 aliphatic carbocycles. The van der Waals surface area contributed by atoms with Crippen molar-refractivity contribution in [1.29, 1.82) is 0 Å². The van der Waals surface area contributed by atoms with E-state index in [9.17, 15) is 4.79 Å². The van der Waals surface area contributed by atoms with Crippen LogP contribution in [0.5, 0.6) is 0 Å². The Morgan fingerprint density at radius 3 is 2.80 bits per heavy atom. The molecule has 3 nitrogen and oxygen atoms in total. The molecule has 80 valence electrons.